The van der Waals surface area contributed by atoms with Crippen LogP contribution in [-0.4, -0.2) is 18.5 Å². The molecule has 2 heteroatoms. The van der Waals surface area contributed by atoms with E-state index in [4.69, 9.17) is 9.47 Å². The summed E-state index contributed by atoms with van der Waals surface area (Å²) in [7, 11) is 0. The largest absolute Gasteiger partial charge is 0.349 e. The van der Waals surface area contributed by atoms with Crippen LogP contribution in [0.4, 0.5) is 0 Å². The molecule has 0 radical (unpaired) electrons. The van der Waals surface area contributed by atoms with E-state index >= 15 is 0 Å². The van der Waals surface area contributed by atoms with Crippen LogP contribution in [0, 0.1) is 17.3 Å². The van der Waals surface area contributed by atoms with Crippen molar-refractivity contribution in [2.75, 3.05) is 6.61 Å². The van der Waals surface area contributed by atoms with Crippen molar-refractivity contribution in [2.45, 2.75) is 60.4 Å². The quantitative estimate of drug-likeness (QED) is 0.701. The summed E-state index contributed by atoms with van der Waals surface area (Å²) in [6.45, 7) is 16.0. The Labute approximate surface area is 94.3 Å². The van der Waals surface area contributed by atoms with E-state index < -0.39 is 5.79 Å². The first-order chi connectivity index (χ1) is 6.69. The summed E-state index contributed by atoms with van der Waals surface area (Å²) in [6.07, 6.45) is 0.277. The first kappa shape index (κ1) is 13.0. The van der Waals surface area contributed by atoms with Crippen LogP contribution >= 0.6 is 0 Å². The highest BCUT2D eigenvalue weighted by Crippen LogP contribution is 2.41. The summed E-state index contributed by atoms with van der Waals surface area (Å²) < 4.78 is 12.1. The van der Waals surface area contributed by atoms with Crippen LogP contribution in [-0.2, 0) is 9.47 Å². The standard InChI is InChI=1S/C13H26O2/c1-9(2)11-12(5,6)8-14-13(7,15-11)10(3)4/h9-11H,8H2,1-7H3. The second-order valence-electron chi connectivity index (χ2n) is 6.23. The van der Waals surface area contributed by atoms with Crippen molar-refractivity contribution in [3.05, 3.63) is 0 Å². The van der Waals surface area contributed by atoms with Crippen molar-refractivity contribution in [3.8, 4) is 0 Å². The summed E-state index contributed by atoms with van der Waals surface area (Å²) in [4.78, 5) is 0. The van der Waals surface area contributed by atoms with E-state index in [0.29, 0.717) is 11.8 Å². The molecule has 2 nitrogen and oxygen atoms in total. The predicted octanol–water partition coefficient (Wildman–Crippen LogP) is 3.46. The Kier molecular flexibility index (Phi) is 3.52. The molecule has 0 bridgehead atoms. The molecule has 0 spiro atoms. The van der Waals surface area contributed by atoms with E-state index in [9.17, 15) is 0 Å². The fourth-order valence-electron chi connectivity index (χ4n) is 2.20. The Bertz CT molecular complexity index is 221. The third-order valence-corrected chi connectivity index (χ3v) is 3.52. The van der Waals surface area contributed by atoms with Crippen LogP contribution < -0.4 is 0 Å². The molecule has 1 rings (SSSR count). The van der Waals surface area contributed by atoms with Crippen LogP contribution in [0.2, 0.25) is 0 Å². The van der Waals surface area contributed by atoms with E-state index in [1.165, 1.54) is 0 Å². The summed E-state index contributed by atoms with van der Waals surface area (Å²) in [6, 6.07) is 0. The van der Waals surface area contributed by atoms with Crippen molar-refractivity contribution in [2.24, 2.45) is 17.3 Å². The number of ether oxygens (including phenoxy) is 2. The first-order valence-corrected chi connectivity index (χ1v) is 6.01. The lowest BCUT2D eigenvalue weighted by atomic mass is 9.79. The van der Waals surface area contributed by atoms with Gasteiger partial charge in [-0.05, 0) is 12.8 Å². The summed E-state index contributed by atoms with van der Waals surface area (Å²) >= 11 is 0. The summed E-state index contributed by atoms with van der Waals surface area (Å²) in [5.74, 6) is 0.501. The molecule has 1 heterocycles. The second kappa shape index (κ2) is 4.06. The number of rotatable bonds is 2. The predicted molar refractivity (Wildman–Crippen MR) is 62.7 cm³/mol. The van der Waals surface area contributed by atoms with Gasteiger partial charge in [0.1, 0.15) is 0 Å². The zero-order chi connectivity index (χ0) is 11.9. The van der Waals surface area contributed by atoms with Gasteiger partial charge in [-0.25, -0.2) is 0 Å². The topological polar surface area (TPSA) is 18.5 Å². The number of hydrogen-bond donors (Lipinski definition) is 0. The van der Waals surface area contributed by atoms with Gasteiger partial charge in [0.2, 0.25) is 0 Å². The molecule has 90 valence electrons. The minimum Gasteiger partial charge on any atom is -0.349 e. The molecule has 0 amide bonds. The molecule has 1 aliphatic heterocycles. The number of hydrogen-bond acceptors (Lipinski definition) is 2. The third-order valence-electron chi connectivity index (χ3n) is 3.52. The van der Waals surface area contributed by atoms with Crippen molar-refractivity contribution < 1.29 is 9.47 Å². The van der Waals surface area contributed by atoms with E-state index in [0.717, 1.165) is 6.61 Å². The van der Waals surface area contributed by atoms with Gasteiger partial charge in [0.05, 0.1) is 12.7 Å². The van der Waals surface area contributed by atoms with E-state index in [1.54, 1.807) is 0 Å². The summed E-state index contributed by atoms with van der Waals surface area (Å²) in [5, 5.41) is 0. The minimum absolute atomic E-state index is 0.114. The van der Waals surface area contributed by atoms with Crippen molar-refractivity contribution in [3.63, 3.8) is 0 Å². The zero-order valence-corrected chi connectivity index (χ0v) is 11.3. The molecule has 2 atom stereocenters. The van der Waals surface area contributed by atoms with Gasteiger partial charge in [0, 0.05) is 11.3 Å². The maximum absolute atomic E-state index is 6.19. The van der Waals surface area contributed by atoms with Crippen LogP contribution in [0.1, 0.15) is 48.5 Å². The van der Waals surface area contributed by atoms with Crippen LogP contribution in [0.3, 0.4) is 0 Å². The third kappa shape index (κ3) is 2.54. The van der Waals surface area contributed by atoms with Crippen LogP contribution in [0.25, 0.3) is 0 Å². The summed E-state index contributed by atoms with van der Waals surface area (Å²) in [5.41, 5.74) is 0.114. The van der Waals surface area contributed by atoms with Crippen LogP contribution in [0.15, 0.2) is 0 Å². The lowest BCUT2D eigenvalue weighted by Gasteiger charge is -2.50. The van der Waals surface area contributed by atoms with E-state index in [1.807, 2.05) is 0 Å². The molecule has 0 aliphatic carbocycles. The molecule has 0 saturated carbocycles. The maximum atomic E-state index is 6.19. The van der Waals surface area contributed by atoms with Gasteiger partial charge in [-0.1, -0.05) is 41.5 Å². The lowest BCUT2D eigenvalue weighted by Crippen LogP contribution is -2.55. The highest BCUT2D eigenvalue weighted by Gasteiger charge is 2.46. The molecule has 1 aliphatic rings. The van der Waals surface area contributed by atoms with E-state index in [2.05, 4.69) is 48.5 Å². The molecular formula is C13H26O2. The molecular weight excluding hydrogens is 188 g/mol. The monoisotopic (exact) mass is 214 g/mol. The molecule has 0 N–H and O–H groups in total. The molecule has 15 heavy (non-hydrogen) atoms. The Hall–Kier alpha value is -0.0800. The average Bonchev–Trinajstić information content (AvgIpc) is 2.09. The molecule has 1 saturated heterocycles. The van der Waals surface area contributed by atoms with Gasteiger partial charge in [0.25, 0.3) is 0 Å². The smallest absolute Gasteiger partial charge is 0.168 e. The first-order valence-electron chi connectivity index (χ1n) is 6.01. The Morgan fingerprint density at radius 3 is 2.00 bits per heavy atom. The molecule has 2 unspecified atom stereocenters. The highest BCUT2D eigenvalue weighted by atomic mass is 16.7. The fourth-order valence-corrected chi connectivity index (χ4v) is 2.20. The second-order valence-corrected chi connectivity index (χ2v) is 6.23. The normalized spacial score (nSPS) is 36.2. The van der Waals surface area contributed by atoms with Crippen molar-refractivity contribution in [1.82, 2.24) is 0 Å². The van der Waals surface area contributed by atoms with Crippen LogP contribution in [0.5, 0.6) is 0 Å². The fraction of sp³-hybridized carbons (Fsp3) is 1.00. The SMILES string of the molecule is CC(C)C1OC(C)(C(C)C)OCC1(C)C. The average molecular weight is 214 g/mol. The van der Waals surface area contributed by atoms with Gasteiger partial charge in [-0.15, -0.1) is 0 Å². The highest BCUT2D eigenvalue weighted by molar-refractivity contribution is 4.88. The Morgan fingerprint density at radius 2 is 1.60 bits per heavy atom. The van der Waals surface area contributed by atoms with Gasteiger partial charge < -0.3 is 9.47 Å². The Balaban J connectivity index is 2.84. The molecule has 0 aromatic heterocycles. The van der Waals surface area contributed by atoms with Gasteiger partial charge in [0.15, 0.2) is 5.79 Å². The Morgan fingerprint density at radius 1 is 1.07 bits per heavy atom. The van der Waals surface area contributed by atoms with Crippen molar-refractivity contribution in [1.29, 1.82) is 0 Å². The minimum atomic E-state index is -0.412. The van der Waals surface area contributed by atoms with Gasteiger partial charge >= 0.3 is 0 Å². The zero-order valence-electron chi connectivity index (χ0n) is 11.3. The van der Waals surface area contributed by atoms with Gasteiger partial charge in [-0.3, -0.25) is 0 Å². The van der Waals surface area contributed by atoms with E-state index in [-0.39, 0.29) is 11.5 Å². The molecule has 1 fully saturated rings. The maximum Gasteiger partial charge on any atom is 0.168 e. The van der Waals surface area contributed by atoms with Gasteiger partial charge in [-0.2, -0.15) is 0 Å². The molecule has 0 aromatic rings. The van der Waals surface area contributed by atoms with Crippen molar-refractivity contribution >= 4 is 0 Å². The lowest BCUT2D eigenvalue weighted by molar-refractivity contribution is -0.344. The molecule has 0 aromatic carbocycles.